The number of amides is 1. The molecule has 1 amide bonds. The second-order valence-electron chi connectivity index (χ2n) is 5.72. The molecule has 3 rings (SSSR count). The number of aromatic nitrogens is 2. The number of hydrogen-bond acceptors (Lipinski definition) is 6. The highest BCUT2D eigenvalue weighted by Crippen LogP contribution is 2.19. The Bertz CT molecular complexity index is 895. The molecule has 134 valence electrons. The molecule has 0 bridgehead atoms. The monoisotopic (exact) mass is 369 g/mol. The number of ether oxygens (including phenoxy) is 1. The molecule has 1 heterocycles. The predicted octanol–water partition coefficient (Wildman–Crippen LogP) is 4.00. The first kappa shape index (κ1) is 18.0. The van der Waals surface area contributed by atoms with Gasteiger partial charge in [0.25, 0.3) is 11.1 Å². The van der Waals surface area contributed by atoms with Gasteiger partial charge in [0.05, 0.1) is 5.75 Å². The molecule has 3 aromatic rings. The Hall–Kier alpha value is -2.80. The number of thioether (sulfide) groups is 1. The molecule has 1 aromatic heterocycles. The Morgan fingerprint density at radius 1 is 1.15 bits per heavy atom. The average molecular weight is 369 g/mol. The number of rotatable bonds is 7. The van der Waals surface area contributed by atoms with E-state index in [0.29, 0.717) is 11.1 Å². The van der Waals surface area contributed by atoms with Gasteiger partial charge in [-0.2, -0.15) is 0 Å². The smallest absolute Gasteiger partial charge is 0.277 e. The summed E-state index contributed by atoms with van der Waals surface area (Å²) in [6.07, 6.45) is 0. The van der Waals surface area contributed by atoms with Crippen molar-refractivity contribution in [1.82, 2.24) is 10.2 Å². The fourth-order valence-electron chi connectivity index (χ4n) is 2.23. The lowest BCUT2D eigenvalue weighted by Gasteiger charge is -2.06. The highest BCUT2D eigenvalue weighted by molar-refractivity contribution is 7.99. The second-order valence-corrected chi connectivity index (χ2v) is 6.65. The van der Waals surface area contributed by atoms with E-state index in [1.807, 2.05) is 62.4 Å². The summed E-state index contributed by atoms with van der Waals surface area (Å²) in [5.74, 6) is 1.18. The van der Waals surface area contributed by atoms with E-state index in [4.69, 9.17) is 9.15 Å². The highest BCUT2D eigenvalue weighted by atomic mass is 32.2. The van der Waals surface area contributed by atoms with E-state index in [0.717, 1.165) is 22.6 Å². The van der Waals surface area contributed by atoms with Crippen LogP contribution in [0.3, 0.4) is 0 Å². The van der Waals surface area contributed by atoms with Gasteiger partial charge < -0.3 is 14.5 Å². The topological polar surface area (TPSA) is 77.2 Å². The molecule has 2 aromatic carbocycles. The molecule has 7 heteroatoms. The quantitative estimate of drug-likeness (QED) is 0.635. The van der Waals surface area contributed by atoms with E-state index < -0.39 is 0 Å². The van der Waals surface area contributed by atoms with Crippen LogP contribution in [0.1, 0.15) is 17.0 Å². The van der Waals surface area contributed by atoms with Crippen LogP contribution < -0.4 is 10.1 Å². The van der Waals surface area contributed by atoms with E-state index in [9.17, 15) is 4.79 Å². The van der Waals surface area contributed by atoms with Gasteiger partial charge in [-0.3, -0.25) is 4.79 Å². The molecule has 26 heavy (non-hydrogen) atoms. The third-order valence-electron chi connectivity index (χ3n) is 3.55. The summed E-state index contributed by atoms with van der Waals surface area (Å²) in [5.41, 5.74) is 2.93. The summed E-state index contributed by atoms with van der Waals surface area (Å²) in [5, 5.41) is 11.1. The van der Waals surface area contributed by atoms with Crippen LogP contribution in [0.2, 0.25) is 0 Å². The molecule has 0 unspecified atom stereocenters. The minimum atomic E-state index is -0.125. The Labute approximate surface area is 156 Å². The summed E-state index contributed by atoms with van der Waals surface area (Å²) in [6.45, 7) is 4.13. The SMILES string of the molecule is Cc1cccc(OCc2nnc(SCC(=O)Nc3ccccc3C)o2)c1. The Morgan fingerprint density at radius 2 is 2.00 bits per heavy atom. The third-order valence-corrected chi connectivity index (χ3v) is 4.36. The first-order chi connectivity index (χ1) is 12.6. The normalized spacial score (nSPS) is 10.5. The van der Waals surface area contributed by atoms with Crippen molar-refractivity contribution in [3.05, 3.63) is 65.5 Å². The van der Waals surface area contributed by atoms with Crippen molar-refractivity contribution in [3.8, 4) is 5.75 Å². The minimum absolute atomic E-state index is 0.125. The van der Waals surface area contributed by atoms with Crippen LogP contribution in [0, 0.1) is 13.8 Å². The lowest BCUT2D eigenvalue weighted by atomic mass is 10.2. The maximum absolute atomic E-state index is 12.0. The summed E-state index contributed by atoms with van der Waals surface area (Å²) in [4.78, 5) is 12.0. The van der Waals surface area contributed by atoms with Crippen LogP contribution in [0.15, 0.2) is 58.2 Å². The molecule has 0 aliphatic heterocycles. The zero-order valence-electron chi connectivity index (χ0n) is 14.6. The van der Waals surface area contributed by atoms with Gasteiger partial charge in [0.2, 0.25) is 5.91 Å². The summed E-state index contributed by atoms with van der Waals surface area (Å²) in [7, 11) is 0. The Morgan fingerprint density at radius 3 is 2.81 bits per heavy atom. The molecule has 0 saturated carbocycles. The van der Waals surface area contributed by atoms with E-state index >= 15 is 0 Å². The number of nitrogens with zero attached hydrogens (tertiary/aromatic N) is 2. The van der Waals surface area contributed by atoms with E-state index in [1.54, 1.807) is 0 Å². The van der Waals surface area contributed by atoms with Crippen molar-refractivity contribution in [2.45, 2.75) is 25.7 Å². The largest absolute Gasteiger partial charge is 0.484 e. The average Bonchev–Trinajstić information content (AvgIpc) is 3.08. The molecule has 0 fully saturated rings. The summed E-state index contributed by atoms with van der Waals surface area (Å²) in [6, 6.07) is 15.3. The van der Waals surface area contributed by atoms with Crippen molar-refractivity contribution in [1.29, 1.82) is 0 Å². The first-order valence-electron chi connectivity index (χ1n) is 8.10. The zero-order valence-corrected chi connectivity index (χ0v) is 15.4. The van der Waals surface area contributed by atoms with Crippen molar-refractivity contribution in [2.75, 3.05) is 11.1 Å². The standard InChI is InChI=1S/C19H19N3O3S/c1-13-6-5-8-15(10-13)24-11-18-21-22-19(25-18)26-12-17(23)20-16-9-4-3-7-14(16)2/h3-10H,11-12H2,1-2H3,(H,20,23). The Kier molecular flexibility index (Phi) is 5.91. The molecule has 0 aliphatic carbocycles. The second kappa shape index (κ2) is 8.53. The minimum Gasteiger partial charge on any atom is -0.484 e. The zero-order chi connectivity index (χ0) is 18.4. The number of benzene rings is 2. The highest BCUT2D eigenvalue weighted by Gasteiger charge is 2.11. The van der Waals surface area contributed by atoms with Gasteiger partial charge in [-0.25, -0.2) is 0 Å². The van der Waals surface area contributed by atoms with Gasteiger partial charge in [0, 0.05) is 5.69 Å². The number of carbonyl (C=O) groups is 1. The predicted molar refractivity (Wildman–Crippen MR) is 100 cm³/mol. The number of hydrogen-bond donors (Lipinski definition) is 1. The van der Waals surface area contributed by atoms with E-state index in [1.165, 1.54) is 11.8 Å². The number of aryl methyl sites for hydroxylation is 2. The molecular weight excluding hydrogens is 350 g/mol. The van der Waals surface area contributed by atoms with Crippen LogP contribution in [-0.2, 0) is 11.4 Å². The van der Waals surface area contributed by atoms with Gasteiger partial charge in [-0.15, -0.1) is 10.2 Å². The molecular formula is C19H19N3O3S. The number of para-hydroxylation sites is 1. The molecule has 1 N–H and O–H groups in total. The van der Waals surface area contributed by atoms with Gasteiger partial charge in [-0.1, -0.05) is 42.1 Å². The van der Waals surface area contributed by atoms with Gasteiger partial charge >= 0.3 is 0 Å². The van der Waals surface area contributed by atoms with Crippen molar-refractivity contribution >= 4 is 23.4 Å². The number of nitrogens with one attached hydrogen (secondary N) is 1. The van der Waals surface area contributed by atoms with Crippen molar-refractivity contribution in [2.24, 2.45) is 0 Å². The molecule has 0 aliphatic rings. The van der Waals surface area contributed by atoms with Gasteiger partial charge in [-0.05, 0) is 43.2 Å². The molecule has 0 radical (unpaired) electrons. The lowest BCUT2D eigenvalue weighted by molar-refractivity contribution is -0.113. The van der Waals surface area contributed by atoms with E-state index in [2.05, 4.69) is 15.5 Å². The maximum Gasteiger partial charge on any atom is 0.277 e. The van der Waals surface area contributed by atoms with Crippen LogP contribution in [0.25, 0.3) is 0 Å². The number of anilines is 1. The van der Waals surface area contributed by atoms with Crippen LogP contribution in [-0.4, -0.2) is 21.9 Å². The fourth-order valence-corrected chi connectivity index (χ4v) is 2.81. The lowest BCUT2D eigenvalue weighted by Crippen LogP contribution is -2.14. The van der Waals surface area contributed by atoms with Crippen molar-refractivity contribution in [3.63, 3.8) is 0 Å². The Balaban J connectivity index is 1.47. The summed E-state index contributed by atoms with van der Waals surface area (Å²) >= 11 is 1.19. The maximum atomic E-state index is 12.0. The summed E-state index contributed by atoms with van der Waals surface area (Å²) < 4.78 is 11.1. The van der Waals surface area contributed by atoms with Gasteiger partial charge in [0.15, 0.2) is 6.61 Å². The fraction of sp³-hybridized carbons (Fsp3) is 0.211. The van der Waals surface area contributed by atoms with Crippen LogP contribution in [0.5, 0.6) is 5.75 Å². The van der Waals surface area contributed by atoms with Crippen LogP contribution in [0.4, 0.5) is 5.69 Å². The van der Waals surface area contributed by atoms with E-state index in [-0.39, 0.29) is 18.3 Å². The molecule has 0 atom stereocenters. The van der Waals surface area contributed by atoms with Crippen LogP contribution >= 0.6 is 11.8 Å². The molecule has 6 nitrogen and oxygen atoms in total. The third kappa shape index (κ3) is 5.10. The first-order valence-corrected chi connectivity index (χ1v) is 9.09. The number of carbonyl (C=O) groups excluding carboxylic acids is 1. The molecule has 0 spiro atoms. The van der Waals surface area contributed by atoms with Gasteiger partial charge in [0.1, 0.15) is 5.75 Å². The molecule has 0 saturated heterocycles. The van der Waals surface area contributed by atoms with Crippen molar-refractivity contribution < 1.29 is 13.9 Å².